The van der Waals surface area contributed by atoms with Crippen LogP contribution in [0.5, 0.6) is 5.75 Å². The number of ether oxygens (including phenoxy) is 2. The topological polar surface area (TPSA) is 72.8 Å². The summed E-state index contributed by atoms with van der Waals surface area (Å²) in [5, 5.41) is 9.82. The molecule has 5 heteroatoms. The van der Waals surface area contributed by atoms with Crippen LogP contribution in [-0.2, 0) is 14.9 Å². The Hall–Kier alpha value is -2.04. The lowest BCUT2D eigenvalue weighted by Crippen LogP contribution is -2.21. The van der Waals surface area contributed by atoms with Crippen molar-refractivity contribution in [3.05, 3.63) is 28.8 Å². The van der Waals surface area contributed by atoms with Gasteiger partial charge in [-0.2, -0.15) is 0 Å². The molecule has 1 rings (SSSR count). The maximum atomic E-state index is 11.9. The molecule has 1 N–H and O–H groups in total. The van der Waals surface area contributed by atoms with Crippen LogP contribution in [0.2, 0.25) is 0 Å². The van der Waals surface area contributed by atoms with Gasteiger partial charge in [0.1, 0.15) is 11.3 Å². The summed E-state index contributed by atoms with van der Waals surface area (Å²) in [5.74, 6) is -1.76. The number of carbonyl (C=O) groups excluding carboxylic acids is 2. The molecule has 0 aromatic heterocycles. The molecule has 0 aliphatic carbocycles. The summed E-state index contributed by atoms with van der Waals surface area (Å²) < 4.78 is 9.32. The highest BCUT2D eigenvalue weighted by atomic mass is 16.5. The average molecular weight is 266 g/mol. The van der Waals surface area contributed by atoms with Gasteiger partial charge in [0.15, 0.2) is 0 Å². The number of benzene rings is 1. The van der Waals surface area contributed by atoms with Crippen molar-refractivity contribution in [3.63, 3.8) is 0 Å². The highest BCUT2D eigenvalue weighted by molar-refractivity contribution is 6.06. The Kier molecular flexibility index (Phi) is 4.19. The lowest BCUT2D eigenvalue weighted by atomic mass is 9.82. The molecule has 1 aromatic rings. The number of carbonyl (C=O) groups is 2. The first-order chi connectivity index (χ1) is 8.73. The fraction of sp³-hybridized carbons (Fsp3) is 0.429. The van der Waals surface area contributed by atoms with E-state index in [1.165, 1.54) is 20.3 Å². The summed E-state index contributed by atoms with van der Waals surface area (Å²) in [6.07, 6.45) is 0. The van der Waals surface area contributed by atoms with Crippen LogP contribution < -0.4 is 0 Å². The molecule has 1 aromatic carbocycles. The summed E-state index contributed by atoms with van der Waals surface area (Å²) in [7, 11) is 2.41. The number of aromatic hydroxyl groups is 1. The van der Waals surface area contributed by atoms with Crippen molar-refractivity contribution in [1.29, 1.82) is 0 Å². The molecule has 0 saturated heterocycles. The highest BCUT2D eigenvalue weighted by Gasteiger charge is 2.30. The summed E-state index contributed by atoms with van der Waals surface area (Å²) in [5.41, 5.74) is 0.0983. The van der Waals surface area contributed by atoms with Gasteiger partial charge in [-0.3, -0.25) is 0 Å². The number of phenols is 1. The largest absolute Gasteiger partial charge is 0.507 e. The van der Waals surface area contributed by atoms with Crippen LogP contribution in [-0.4, -0.2) is 31.3 Å². The van der Waals surface area contributed by atoms with Crippen LogP contribution in [0.15, 0.2) is 12.1 Å². The molecule has 5 nitrogen and oxygen atoms in total. The molecule has 0 bridgehead atoms. The minimum Gasteiger partial charge on any atom is -0.507 e. The van der Waals surface area contributed by atoms with E-state index in [1.54, 1.807) is 6.07 Å². The molecular formula is C14H18O5. The first-order valence-corrected chi connectivity index (χ1v) is 5.77. The number of hydrogen-bond donors (Lipinski definition) is 1. The Labute approximate surface area is 112 Å². The van der Waals surface area contributed by atoms with Crippen molar-refractivity contribution in [1.82, 2.24) is 0 Å². The molecule has 0 fully saturated rings. The fourth-order valence-corrected chi connectivity index (χ4v) is 1.84. The Bertz CT molecular complexity index is 511. The van der Waals surface area contributed by atoms with E-state index in [-0.39, 0.29) is 22.3 Å². The Morgan fingerprint density at radius 1 is 1.00 bits per heavy atom. The third-order valence-electron chi connectivity index (χ3n) is 2.77. The van der Waals surface area contributed by atoms with Crippen LogP contribution in [0.25, 0.3) is 0 Å². The standard InChI is InChI=1S/C14H18O5/c1-14(2,3)8-6-7-9(15)11(13(17)19-5)10(8)12(16)18-4/h6-7,15H,1-5H3. The maximum Gasteiger partial charge on any atom is 0.342 e. The van der Waals surface area contributed by atoms with Crippen molar-refractivity contribution in [2.45, 2.75) is 26.2 Å². The lowest BCUT2D eigenvalue weighted by molar-refractivity contribution is 0.0550. The molecule has 0 aliphatic heterocycles. The zero-order chi connectivity index (χ0) is 14.8. The second-order valence-corrected chi connectivity index (χ2v) is 5.12. The smallest absolute Gasteiger partial charge is 0.342 e. The van der Waals surface area contributed by atoms with Crippen LogP contribution in [0, 0.1) is 0 Å². The SMILES string of the molecule is COC(=O)c1c(O)ccc(C(C)(C)C)c1C(=O)OC. The average Bonchev–Trinajstić information content (AvgIpc) is 2.34. The van der Waals surface area contributed by atoms with E-state index in [4.69, 9.17) is 4.74 Å². The molecule has 0 unspecified atom stereocenters. The van der Waals surface area contributed by atoms with E-state index in [1.807, 2.05) is 20.8 Å². The molecule has 104 valence electrons. The molecule has 0 saturated carbocycles. The van der Waals surface area contributed by atoms with E-state index >= 15 is 0 Å². The summed E-state index contributed by atoms with van der Waals surface area (Å²) in [4.78, 5) is 23.7. The molecule has 0 amide bonds. The Morgan fingerprint density at radius 3 is 1.89 bits per heavy atom. The van der Waals surface area contributed by atoms with Gasteiger partial charge in [0.25, 0.3) is 0 Å². The number of hydrogen-bond acceptors (Lipinski definition) is 5. The highest BCUT2D eigenvalue weighted by Crippen LogP contribution is 2.33. The number of rotatable bonds is 2. The molecule has 0 spiro atoms. The van der Waals surface area contributed by atoms with E-state index < -0.39 is 11.9 Å². The van der Waals surface area contributed by atoms with E-state index in [9.17, 15) is 14.7 Å². The normalized spacial score (nSPS) is 11.0. The van der Waals surface area contributed by atoms with Crippen molar-refractivity contribution in [2.75, 3.05) is 14.2 Å². The van der Waals surface area contributed by atoms with Gasteiger partial charge in [-0.1, -0.05) is 26.8 Å². The van der Waals surface area contributed by atoms with Crippen molar-refractivity contribution in [2.24, 2.45) is 0 Å². The number of methoxy groups -OCH3 is 2. The van der Waals surface area contributed by atoms with Crippen molar-refractivity contribution >= 4 is 11.9 Å². The first-order valence-electron chi connectivity index (χ1n) is 5.77. The molecular weight excluding hydrogens is 248 g/mol. The predicted molar refractivity (Wildman–Crippen MR) is 69.5 cm³/mol. The summed E-state index contributed by atoms with van der Waals surface area (Å²) in [6, 6.07) is 2.98. The van der Waals surface area contributed by atoms with Gasteiger partial charge >= 0.3 is 11.9 Å². The van der Waals surface area contributed by atoms with E-state index in [0.717, 1.165) is 0 Å². The van der Waals surface area contributed by atoms with Gasteiger partial charge < -0.3 is 14.6 Å². The van der Waals surface area contributed by atoms with Gasteiger partial charge in [0.05, 0.1) is 19.8 Å². The van der Waals surface area contributed by atoms with Crippen LogP contribution in [0.3, 0.4) is 0 Å². The molecule has 19 heavy (non-hydrogen) atoms. The monoisotopic (exact) mass is 266 g/mol. The van der Waals surface area contributed by atoms with Crippen LogP contribution in [0.1, 0.15) is 47.1 Å². The maximum absolute atomic E-state index is 11.9. The van der Waals surface area contributed by atoms with Crippen LogP contribution >= 0.6 is 0 Å². The molecule has 0 radical (unpaired) electrons. The second-order valence-electron chi connectivity index (χ2n) is 5.12. The molecule has 0 heterocycles. The third kappa shape index (κ3) is 2.86. The Balaban J connectivity index is 3.70. The third-order valence-corrected chi connectivity index (χ3v) is 2.77. The van der Waals surface area contributed by atoms with E-state index in [0.29, 0.717) is 5.56 Å². The van der Waals surface area contributed by atoms with Gasteiger partial charge in [0, 0.05) is 0 Å². The summed E-state index contributed by atoms with van der Waals surface area (Å²) in [6.45, 7) is 5.69. The van der Waals surface area contributed by atoms with Crippen molar-refractivity contribution in [3.8, 4) is 5.75 Å². The lowest BCUT2D eigenvalue weighted by Gasteiger charge is -2.23. The quantitative estimate of drug-likeness (QED) is 0.831. The minimum absolute atomic E-state index is 0.0434. The van der Waals surface area contributed by atoms with Gasteiger partial charge in [-0.25, -0.2) is 9.59 Å². The van der Waals surface area contributed by atoms with Gasteiger partial charge in [-0.15, -0.1) is 0 Å². The van der Waals surface area contributed by atoms with Gasteiger partial charge in [-0.05, 0) is 17.0 Å². The van der Waals surface area contributed by atoms with Crippen LogP contribution in [0.4, 0.5) is 0 Å². The number of esters is 2. The summed E-state index contributed by atoms with van der Waals surface area (Å²) >= 11 is 0. The first kappa shape index (κ1) is 15.0. The molecule has 0 aliphatic rings. The minimum atomic E-state index is -0.774. The number of phenolic OH excluding ortho intramolecular Hbond substituents is 1. The van der Waals surface area contributed by atoms with Gasteiger partial charge in [0.2, 0.25) is 0 Å². The second kappa shape index (κ2) is 5.30. The fourth-order valence-electron chi connectivity index (χ4n) is 1.84. The molecule has 0 atom stereocenters. The predicted octanol–water partition coefficient (Wildman–Crippen LogP) is 2.26. The zero-order valence-corrected chi connectivity index (χ0v) is 11.7. The van der Waals surface area contributed by atoms with E-state index in [2.05, 4.69) is 4.74 Å². The zero-order valence-electron chi connectivity index (χ0n) is 11.7. The van der Waals surface area contributed by atoms with Crippen molar-refractivity contribution < 1.29 is 24.2 Å². The Morgan fingerprint density at radius 2 is 1.47 bits per heavy atom.